The van der Waals surface area contributed by atoms with Crippen molar-refractivity contribution in [3.8, 4) is 0 Å². The Labute approximate surface area is 96.9 Å². The summed E-state index contributed by atoms with van der Waals surface area (Å²) in [6.45, 7) is 5.49. The van der Waals surface area contributed by atoms with Crippen molar-refractivity contribution in [2.45, 2.75) is 19.4 Å². The minimum Gasteiger partial charge on any atom is -0.465 e. The fourth-order valence-electron chi connectivity index (χ4n) is 2.05. The summed E-state index contributed by atoms with van der Waals surface area (Å²) in [5.74, 6) is 0.261. The Morgan fingerprint density at radius 3 is 3.00 bits per heavy atom. The number of methoxy groups -OCH3 is 1. The van der Waals surface area contributed by atoms with Gasteiger partial charge in [-0.3, -0.25) is 4.79 Å². The first-order chi connectivity index (χ1) is 7.67. The number of nitrogens with zero attached hydrogens (tertiary/aromatic N) is 1. The van der Waals surface area contributed by atoms with E-state index < -0.39 is 6.04 Å². The predicted molar refractivity (Wildman–Crippen MR) is 61.0 cm³/mol. The molecular weight excluding hydrogens is 208 g/mol. The van der Waals surface area contributed by atoms with Crippen molar-refractivity contribution in [1.29, 1.82) is 0 Å². The van der Waals surface area contributed by atoms with Crippen molar-refractivity contribution in [2.24, 2.45) is 11.7 Å². The van der Waals surface area contributed by atoms with Crippen LogP contribution in [0, 0.1) is 5.92 Å². The zero-order valence-electron chi connectivity index (χ0n) is 10.1. The van der Waals surface area contributed by atoms with Crippen LogP contribution in [0.25, 0.3) is 0 Å². The maximum absolute atomic E-state index is 11.3. The van der Waals surface area contributed by atoms with E-state index >= 15 is 0 Å². The molecule has 0 aromatic carbocycles. The molecule has 5 heteroatoms. The Kier molecular flexibility index (Phi) is 5.73. The van der Waals surface area contributed by atoms with Crippen molar-refractivity contribution in [3.63, 3.8) is 0 Å². The third-order valence-corrected chi connectivity index (χ3v) is 2.82. The molecule has 2 unspecified atom stereocenters. The third kappa shape index (κ3) is 4.08. The molecule has 1 heterocycles. The Hall–Kier alpha value is -0.650. The summed E-state index contributed by atoms with van der Waals surface area (Å²) >= 11 is 0. The average Bonchev–Trinajstić information content (AvgIpc) is 2.66. The first-order valence-corrected chi connectivity index (χ1v) is 5.80. The number of rotatable bonds is 6. The Bertz CT molecular complexity index is 223. The van der Waals surface area contributed by atoms with Crippen LogP contribution in [0.5, 0.6) is 0 Å². The zero-order chi connectivity index (χ0) is 12.0. The van der Waals surface area contributed by atoms with Crippen LogP contribution in [0.15, 0.2) is 0 Å². The number of likely N-dealkylation sites (tertiary alicyclic amines) is 1. The van der Waals surface area contributed by atoms with Crippen LogP contribution in [-0.2, 0) is 14.3 Å². The number of nitrogens with two attached hydrogens (primary N) is 1. The van der Waals surface area contributed by atoms with Crippen molar-refractivity contribution in [2.75, 3.05) is 40.0 Å². The van der Waals surface area contributed by atoms with E-state index in [4.69, 9.17) is 15.2 Å². The monoisotopic (exact) mass is 230 g/mol. The number of carbonyl (C=O) groups excluding carboxylic acids is 1. The lowest BCUT2D eigenvalue weighted by Gasteiger charge is -2.19. The van der Waals surface area contributed by atoms with Gasteiger partial charge in [0.1, 0.15) is 6.04 Å². The average molecular weight is 230 g/mol. The highest BCUT2D eigenvalue weighted by Gasteiger charge is 2.26. The second-order valence-corrected chi connectivity index (χ2v) is 4.23. The van der Waals surface area contributed by atoms with Gasteiger partial charge in [0.2, 0.25) is 0 Å². The third-order valence-electron chi connectivity index (χ3n) is 2.82. The van der Waals surface area contributed by atoms with Crippen molar-refractivity contribution >= 4 is 5.97 Å². The van der Waals surface area contributed by atoms with Gasteiger partial charge < -0.3 is 20.1 Å². The second kappa shape index (κ2) is 6.83. The molecule has 2 N–H and O–H groups in total. The van der Waals surface area contributed by atoms with Gasteiger partial charge in [0.15, 0.2) is 0 Å². The van der Waals surface area contributed by atoms with E-state index in [1.807, 2.05) is 0 Å². The molecule has 1 aliphatic rings. The predicted octanol–water partition coefficient (Wildman–Crippen LogP) is -0.155. The highest BCUT2D eigenvalue weighted by Crippen LogP contribution is 2.16. The standard InChI is InChI=1S/C11H22N2O3/c1-3-16-11(14)10(12)7-13-5-4-9(6-13)8-15-2/h9-10H,3-8,12H2,1-2H3. The second-order valence-electron chi connectivity index (χ2n) is 4.23. The molecule has 0 aliphatic carbocycles. The smallest absolute Gasteiger partial charge is 0.324 e. The van der Waals surface area contributed by atoms with Crippen LogP contribution in [0.4, 0.5) is 0 Å². The summed E-state index contributed by atoms with van der Waals surface area (Å²) in [4.78, 5) is 13.5. The minimum absolute atomic E-state index is 0.308. The first kappa shape index (κ1) is 13.4. The molecule has 2 atom stereocenters. The van der Waals surface area contributed by atoms with E-state index in [0.29, 0.717) is 19.1 Å². The minimum atomic E-state index is -0.527. The van der Waals surface area contributed by atoms with Crippen molar-refractivity contribution in [3.05, 3.63) is 0 Å². The highest BCUT2D eigenvalue weighted by molar-refractivity contribution is 5.75. The highest BCUT2D eigenvalue weighted by atomic mass is 16.5. The molecule has 0 amide bonds. The zero-order valence-corrected chi connectivity index (χ0v) is 10.1. The molecule has 1 rings (SSSR count). The molecule has 0 radical (unpaired) electrons. The lowest BCUT2D eigenvalue weighted by Crippen LogP contribution is -2.43. The van der Waals surface area contributed by atoms with Crippen molar-refractivity contribution in [1.82, 2.24) is 4.90 Å². The van der Waals surface area contributed by atoms with Gasteiger partial charge >= 0.3 is 5.97 Å². The normalized spacial score (nSPS) is 23.3. The van der Waals surface area contributed by atoms with Gasteiger partial charge in [0.05, 0.1) is 13.2 Å². The van der Waals surface area contributed by atoms with E-state index in [1.54, 1.807) is 14.0 Å². The summed E-state index contributed by atoms with van der Waals surface area (Å²) in [5.41, 5.74) is 5.76. The van der Waals surface area contributed by atoms with Crippen LogP contribution >= 0.6 is 0 Å². The van der Waals surface area contributed by atoms with Gasteiger partial charge in [-0.15, -0.1) is 0 Å². The van der Waals surface area contributed by atoms with Crippen LogP contribution in [0.1, 0.15) is 13.3 Å². The van der Waals surface area contributed by atoms with E-state index in [1.165, 1.54) is 0 Å². The molecule has 5 nitrogen and oxygen atoms in total. The topological polar surface area (TPSA) is 64.8 Å². The van der Waals surface area contributed by atoms with E-state index in [0.717, 1.165) is 26.1 Å². The number of ether oxygens (including phenoxy) is 2. The molecule has 1 aliphatic heterocycles. The van der Waals surface area contributed by atoms with E-state index in [9.17, 15) is 4.79 Å². The molecule has 0 bridgehead atoms. The lowest BCUT2D eigenvalue weighted by molar-refractivity contribution is -0.145. The van der Waals surface area contributed by atoms with Crippen LogP contribution in [0.3, 0.4) is 0 Å². The maximum atomic E-state index is 11.3. The SMILES string of the molecule is CCOC(=O)C(N)CN1CCC(COC)C1. The molecule has 0 spiro atoms. The van der Waals surface area contributed by atoms with Gasteiger partial charge in [0, 0.05) is 20.2 Å². The van der Waals surface area contributed by atoms with Crippen LogP contribution < -0.4 is 5.73 Å². The van der Waals surface area contributed by atoms with E-state index in [-0.39, 0.29) is 5.97 Å². The molecule has 0 aromatic heterocycles. The van der Waals surface area contributed by atoms with Gasteiger partial charge in [-0.1, -0.05) is 0 Å². The molecule has 16 heavy (non-hydrogen) atoms. The molecule has 1 saturated heterocycles. The van der Waals surface area contributed by atoms with Crippen LogP contribution in [0.2, 0.25) is 0 Å². The first-order valence-electron chi connectivity index (χ1n) is 5.80. The van der Waals surface area contributed by atoms with E-state index in [2.05, 4.69) is 4.90 Å². The number of carbonyl (C=O) groups is 1. The Morgan fingerprint density at radius 2 is 2.38 bits per heavy atom. The molecule has 0 aromatic rings. The fraction of sp³-hybridized carbons (Fsp3) is 0.909. The quantitative estimate of drug-likeness (QED) is 0.643. The summed E-state index contributed by atoms with van der Waals surface area (Å²) in [7, 11) is 1.72. The van der Waals surface area contributed by atoms with Gasteiger partial charge in [-0.2, -0.15) is 0 Å². The fourth-order valence-corrected chi connectivity index (χ4v) is 2.05. The number of esters is 1. The summed E-state index contributed by atoms with van der Waals surface area (Å²) in [5, 5.41) is 0. The molecular formula is C11H22N2O3. The molecule has 94 valence electrons. The van der Waals surface area contributed by atoms with Crippen molar-refractivity contribution < 1.29 is 14.3 Å². The van der Waals surface area contributed by atoms with Gasteiger partial charge in [-0.25, -0.2) is 0 Å². The van der Waals surface area contributed by atoms with Gasteiger partial charge in [-0.05, 0) is 25.8 Å². The summed E-state index contributed by atoms with van der Waals surface area (Å²) in [6, 6.07) is -0.527. The largest absolute Gasteiger partial charge is 0.465 e. The van der Waals surface area contributed by atoms with Gasteiger partial charge in [0.25, 0.3) is 0 Å². The lowest BCUT2D eigenvalue weighted by atomic mass is 10.1. The maximum Gasteiger partial charge on any atom is 0.324 e. The summed E-state index contributed by atoms with van der Waals surface area (Å²) < 4.78 is 9.99. The molecule has 0 saturated carbocycles. The molecule has 1 fully saturated rings. The number of hydrogen-bond donors (Lipinski definition) is 1. The number of hydrogen-bond acceptors (Lipinski definition) is 5. The summed E-state index contributed by atoms with van der Waals surface area (Å²) in [6.07, 6.45) is 1.11. The Morgan fingerprint density at radius 1 is 1.62 bits per heavy atom. The van der Waals surface area contributed by atoms with Crippen LogP contribution in [-0.4, -0.2) is 56.9 Å². The Balaban J connectivity index is 2.25.